The molecule has 1 atom stereocenters. The fraction of sp³-hybridized carbons (Fsp3) is 0.684. The van der Waals surface area contributed by atoms with Crippen molar-refractivity contribution in [1.29, 1.82) is 0 Å². The van der Waals surface area contributed by atoms with Gasteiger partial charge in [-0.1, -0.05) is 12.1 Å². The number of hydrogen-bond acceptors (Lipinski definition) is 4. The van der Waals surface area contributed by atoms with Crippen molar-refractivity contribution in [3.05, 3.63) is 29.3 Å². The van der Waals surface area contributed by atoms with Crippen molar-refractivity contribution < 1.29 is 9.47 Å². The third-order valence-electron chi connectivity index (χ3n) is 4.92. The predicted octanol–water partition coefficient (Wildman–Crippen LogP) is 2.60. The minimum Gasteiger partial charge on any atom is -0.487 e. The Bertz CT molecular complexity index is 530. The fourth-order valence-electron chi connectivity index (χ4n) is 3.79. The number of fused-ring (bicyclic) bond motifs is 1. The van der Waals surface area contributed by atoms with Crippen molar-refractivity contribution in [2.24, 2.45) is 0 Å². The highest BCUT2D eigenvalue weighted by Crippen LogP contribution is 2.35. The molecule has 1 unspecified atom stereocenters. The summed E-state index contributed by atoms with van der Waals surface area (Å²) in [5.74, 6) is 1.06. The number of ether oxygens (including phenoxy) is 2. The molecule has 2 aliphatic heterocycles. The molecule has 128 valence electrons. The largest absolute Gasteiger partial charge is 0.487 e. The van der Waals surface area contributed by atoms with Crippen LogP contribution < -0.4 is 10.1 Å². The van der Waals surface area contributed by atoms with Gasteiger partial charge in [-0.2, -0.15) is 0 Å². The molecule has 1 N–H and O–H groups in total. The van der Waals surface area contributed by atoms with E-state index in [1.807, 2.05) is 0 Å². The van der Waals surface area contributed by atoms with Gasteiger partial charge in [-0.15, -0.1) is 0 Å². The van der Waals surface area contributed by atoms with Crippen molar-refractivity contribution in [3.63, 3.8) is 0 Å². The van der Waals surface area contributed by atoms with Gasteiger partial charge in [0.05, 0.1) is 6.61 Å². The lowest BCUT2D eigenvalue weighted by Gasteiger charge is -2.24. The van der Waals surface area contributed by atoms with Crippen molar-refractivity contribution in [1.82, 2.24) is 10.2 Å². The van der Waals surface area contributed by atoms with E-state index in [-0.39, 0.29) is 5.60 Å². The second-order valence-corrected chi connectivity index (χ2v) is 7.44. The normalized spacial score (nSPS) is 23.0. The molecule has 0 radical (unpaired) electrons. The highest BCUT2D eigenvalue weighted by Gasteiger charge is 2.30. The Kier molecular flexibility index (Phi) is 5.24. The summed E-state index contributed by atoms with van der Waals surface area (Å²) in [6, 6.07) is 7.27. The average molecular weight is 318 g/mol. The quantitative estimate of drug-likeness (QED) is 0.838. The number of methoxy groups -OCH3 is 1. The van der Waals surface area contributed by atoms with E-state index in [1.165, 1.54) is 30.5 Å². The molecule has 3 rings (SSSR count). The number of hydrogen-bond donors (Lipinski definition) is 1. The molecule has 0 amide bonds. The zero-order chi connectivity index (χ0) is 16.3. The molecule has 0 aliphatic carbocycles. The van der Waals surface area contributed by atoms with Gasteiger partial charge in [0, 0.05) is 39.2 Å². The number of benzene rings is 1. The van der Waals surface area contributed by atoms with E-state index in [0.29, 0.717) is 6.04 Å². The summed E-state index contributed by atoms with van der Waals surface area (Å²) >= 11 is 0. The Balaban J connectivity index is 1.48. The van der Waals surface area contributed by atoms with Crippen LogP contribution in [0.25, 0.3) is 0 Å². The molecule has 0 spiro atoms. The lowest BCUT2D eigenvalue weighted by molar-refractivity contribution is 0.138. The van der Waals surface area contributed by atoms with Gasteiger partial charge >= 0.3 is 0 Å². The molecule has 4 heteroatoms. The first-order chi connectivity index (χ1) is 11.1. The van der Waals surface area contributed by atoms with Crippen LogP contribution in [0.5, 0.6) is 5.75 Å². The van der Waals surface area contributed by atoms with E-state index in [0.717, 1.165) is 38.4 Å². The molecular formula is C19H30N2O2. The Morgan fingerprint density at radius 3 is 3.09 bits per heavy atom. The highest BCUT2D eigenvalue weighted by molar-refractivity contribution is 5.41. The Hall–Kier alpha value is -1.10. The average Bonchev–Trinajstić information content (AvgIpc) is 3.06. The third kappa shape index (κ3) is 4.25. The molecule has 0 saturated carbocycles. The number of nitrogens with one attached hydrogen (secondary N) is 1. The SMILES string of the molecule is COCCN1CCCC1CNCc1ccc2c(c1)CC(C)(C)O2. The Labute approximate surface area is 140 Å². The second kappa shape index (κ2) is 7.20. The van der Waals surface area contributed by atoms with Crippen LogP contribution >= 0.6 is 0 Å². The molecule has 1 fully saturated rings. The Morgan fingerprint density at radius 1 is 1.39 bits per heavy atom. The van der Waals surface area contributed by atoms with Crippen LogP contribution in [0.1, 0.15) is 37.8 Å². The van der Waals surface area contributed by atoms with Crippen molar-refractivity contribution >= 4 is 0 Å². The molecule has 0 bridgehead atoms. The zero-order valence-corrected chi connectivity index (χ0v) is 14.7. The maximum absolute atomic E-state index is 5.95. The molecule has 1 saturated heterocycles. The summed E-state index contributed by atoms with van der Waals surface area (Å²) < 4.78 is 11.2. The lowest BCUT2D eigenvalue weighted by Crippen LogP contribution is -2.39. The van der Waals surface area contributed by atoms with E-state index in [4.69, 9.17) is 9.47 Å². The van der Waals surface area contributed by atoms with Gasteiger partial charge in [-0.05, 0) is 50.4 Å². The van der Waals surface area contributed by atoms with Crippen LogP contribution in [0.3, 0.4) is 0 Å². The highest BCUT2D eigenvalue weighted by atomic mass is 16.5. The van der Waals surface area contributed by atoms with Gasteiger partial charge in [0.1, 0.15) is 11.4 Å². The van der Waals surface area contributed by atoms with Crippen molar-refractivity contribution in [3.8, 4) is 5.75 Å². The first kappa shape index (κ1) is 16.7. The minimum atomic E-state index is -0.0555. The topological polar surface area (TPSA) is 33.7 Å². The van der Waals surface area contributed by atoms with Crippen LogP contribution in [0, 0.1) is 0 Å². The summed E-state index contributed by atoms with van der Waals surface area (Å²) in [5.41, 5.74) is 2.64. The number of likely N-dealkylation sites (tertiary alicyclic amines) is 1. The summed E-state index contributed by atoms with van der Waals surface area (Å²) in [4.78, 5) is 2.55. The smallest absolute Gasteiger partial charge is 0.123 e. The summed E-state index contributed by atoms with van der Waals surface area (Å²) in [6.45, 7) is 9.39. The van der Waals surface area contributed by atoms with E-state index < -0.39 is 0 Å². The van der Waals surface area contributed by atoms with Gasteiger partial charge in [-0.3, -0.25) is 4.90 Å². The van der Waals surface area contributed by atoms with Crippen LogP contribution in [-0.2, 0) is 17.7 Å². The van der Waals surface area contributed by atoms with E-state index >= 15 is 0 Å². The lowest BCUT2D eigenvalue weighted by atomic mass is 10.0. The van der Waals surface area contributed by atoms with Crippen LogP contribution in [-0.4, -0.2) is 49.9 Å². The molecule has 2 heterocycles. The Morgan fingerprint density at radius 2 is 2.26 bits per heavy atom. The van der Waals surface area contributed by atoms with Crippen LogP contribution in [0.4, 0.5) is 0 Å². The standard InChI is InChI=1S/C19H30N2O2/c1-19(2)12-16-11-15(6-7-18(16)23-19)13-20-14-17-5-4-8-21(17)9-10-22-3/h6-7,11,17,20H,4-5,8-10,12-14H2,1-3H3. The number of rotatable bonds is 7. The van der Waals surface area contributed by atoms with E-state index in [9.17, 15) is 0 Å². The van der Waals surface area contributed by atoms with Gasteiger partial charge in [-0.25, -0.2) is 0 Å². The van der Waals surface area contributed by atoms with E-state index in [2.05, 4.69) is 42.3 Å². The maximum Gasteiger partial charge on any atom is 0.123 e. The molecule has 4 nitrogen and oxygen atoms in total. The molecule has 1 aromatic carbocycles. The van der Waals surface area contributed by atoms with Gasteiger partial charge in [0.15, 0.2) is 0 Å². The maximum atomic E-state index is 5.95. The summed E-state index contributed by atoms with van der Waals surface area (Å²) in [7, 11) is 1.78. The second-order valence-electron chi connectivity index (χ2n) is 7.44. The molecule has 0 aromatic heterocycles. The summed E-state index contributed by atoms with van der Waals surface area (Å²) in [5, 5.41) is 3.64. The monoisotopic (exact) mass is 318 g/mol. The van der Waals surface area contributed by atoms with Gasteiger partial charge in [0.25, 0.3) is 0 Å². The first-order valence-corrected chi connectivity index (χ1v) is 8.82. The van der Waals surface area contributed by atoms with E-state index in [1.54, 1.807) is 7.11 Å². The van der Waals surface area contributed by atoms with Gasteiger partial charge < -0.3 is 14.8 Å². The summed E-state index contributed by atoms with van der Waals surface area (Å²) in [6.07, 6.45) is 3.61. The van der Waals surface area contributed by atoms with Crippen LogP contribution in [0.2, 0.25) is 0 Å². The fourth-order valence-corrected chi connectivity index (χ4v) is 3.79. The predicted molar refractivity (Wildman–Crippen MR) is 93.0 cm³/mol. The molecule has 2 aliphatic rings. The zero-order valence-electron chi connectivity index (χ0n) is 14.7. The van der Waals surface area contributed by atoms with Crippen molar-refractivity contribution in [2.45, 2.75) is 51.3 Å². The molecular weight excluding hydrogens is 288 g/mol. The first-order valence-electron chi connectivity index (χ1n) is 8.82. The number of nitrogens with zero attached hydrogens (tertiary/aromatic N) is 1. The molecule has 1 aromatic rings. The van der Waals surface area contributed by atoms with Crippen molar-refractivity contribution in [2.75, 3.05) is 33.4 Å². The third-order valence-corrected chi connectivity index (χ3v) is 4.92. The van der Waals surface area contributed by atoms with Gasteiger partial charge in [0.2, 0.25) is 0 Å². The molecule has 23 heavy (non-hydrogen) atoms. The minimum absolute atomic E-state index is 0.0555. The van der Waals surface area contributed by atoms with Crippen LogP contribution in [0.15, 0.2) is 18.2 Å².